The van der Waals surface area contributed by atoms with Crippen molar-refractivity contribution < 1.29 is 4.79 Å². The van der Waals surface area contributed by atoms with Gasteiger partial charge in [0.05, 0.1) is 23.9 Å². The third-order valence-electron chi connectivity index (χ3n) is 2.95. The highest BCUT2D eigenvalue weighted by molar-refractivity contribution is 5.79. The van der Waals surface area contributed by atoms with Crippen LogP contribution in [0.4, 0.5) is 0 Å². The standard InChI is InChI=1S/C14H20N4O/c1-10(2)15-8-14(19)16-7-11-4-5-13-12(6-11)17-9-18(13)3/h4-6,9-10,15H,7-8H2,1-3H3,(H,16,19). The first kappa shape index (κ1) is 13.5. The zero-order valence-electron chi connectivity index (χ0n) is 11.6. The molecule has 102 valence electrons. The molecule has 0 aliphatic rings. The number of aryl methyl sites for hydroxylation is 1. The van der Waals surface area contributed by atoms with Crippen molar-refractivity contribution in [3.63, 3.8) is 0 Å². The van der Waals surface area contributed by atoms with Crippen LogP contribution in [0.2, 0.25) is 0 Å². The van der Waals surface area contributed by atoms with Crippen LogP contribution in [0, 0.1) is 0 Å². The van der Waals surface area contributed by atoms with Gasteiger partial charge in [0, 0.05) is 19.6 Å². The van der Waals surface area contributed by atoms with E-state index >= 15 is 0 Å². The highest BCUT2D eigenvalue weighted by Crippen LogP contribution is 2.13. The number of aromatic nitrogens is 2. The molecule has 0 atom stereocenters. The van der Waals surface area contributed by atoms with E-state index in [4.69, 9.17) is 0 Å². The second-order valence-corrected chi connectivity index (χ2v) is 4.99. The molecule has 1 heterocycles. The first-order valence-corrected chi connectivity index (χ1v) is 6.46. The van der Waals surface area contributed by atoms with E-state index in [0.717, 1.165) is 16.6 Å². The Kier molecular flexibility index (Phi) is 4.16. The van der Waals surface area contributed by atoms with Crippen LogP contribution in [-0.4, -0.2) is 28.0 Å². The summed E-state index contributed by atoms with van der Waals surface area (Å²) in [7, 11) is 1.97. The van der Waals surface area contributed by atoms with Gasteiger partial charge in [-0.1, -0.05) is 19.9 Å². The van der Waals surface area contributed by atoms with Crippen molar-refractivity contribution in [2.45, 2.75) is 26.4 Å². The Balaban J connectivity index is 1.92. The molecule has 2 rings (SSSR count). The van der Waals surface area contributed by atoms with Crippen LogP contribution in [0.1, 0.15) is 19.4 Å². The minimum atomic E-state index is 0.00909. The molecule has 0 radical (unpaired) electrons. The van der Waals surface area contributed by atoms with E-state index in [1.165, 1.54) is 0 Å². The fraction of sp³-hybridized carbons (Fsp3) is 0.429. The number of hydrogen-bond acceptors (Lipinski definition) is 3. The summed E-state index contributed by atoms with van der Waals surface area (Å²) in [6.07, 6.45) is 1.79. The molecule has 19 heavy (non-hydrogen) atoms. The van der Waals surface area contributed by atoms with Gasteiger partial charge >= 0.3 is 0 Å². The number of nitrogens with zero attached hydrogens (tertiary/aromatic N) is 2. The van der Waals surface area contributed by atoms with Crippen LogP contribution < -0.4 is 10.6 Å². The lowest BCUT2D eigenvalue weighted by atomic mass is 10.2. The van der Waals surface area contributed by atoms with Gasteiger partial charge in [0.25, 0.3) is 0 Å². The number of amides is 1. The molecule has 2 aromatic rings. The summed E-state index contributed by atoms with van der Waals surface area (Å²) >= 11 is 0. The van der Waals surface area contributed by atoms with Crippen LogP contribution in [0.5, 0.6) is 0 Å². The number of rotatable bonds is 5. The Labute approximate surface area is 113 Å². The first-order chi connectivity index (χ1) is 9.06. The Morgan fingerprint density at radius 1 is 1.42 bits per heavy atom. The predicted molar refractivity (Wildman–Crippen MR) is 75.7 cm³/mol. The minimum Gasteiger partial charge on any atom is -0.351 e. The van der Waals surface area contributed by atoms with Crippen molar-refractivity contribution in [1.82, 2.24) is 20.2 Å². The number of fused-ring (bicyclic) bond motifs is 1. The van der Waals surface area contributed by atoms with Crippen molar-refractivity contribution in [3.8, 4) is 0 Å². The SMILES string of the molecule is CC(C)NCC(=O)NCc1ccc2c(c1)ncn2C. The maximum absolute atomic E-state index is 11.6. The van der Waals surface area contributed by atoms with Crippen LogP contribution in [0.25, 0.3) is 11.0 Å². The maximum Gasteiger partial charge on any atom is 0.234 e. The Hall–Kier alpha value is -1.88. The van der Waals surface area contributed by atoms with Gasteiger partial charge in [-0.05, 0) is 17.7 Å². The molecule has 0 aliphatic heterocycles. The van der Waals surface area contributed by atoms with Crippen molar-refractivity contribution in [2.75, 3.05) is 6.54 Å². The van der Waals surface area contributed by atoms with Crippen molar-refractivity contribution >= 4 is 16.9 Å². The topological polar surface area (TPSA) is 59.0 Å². The third-order valence-corrected chi connectivity index (χ3v) is 2.95. The molecule has 0 fully saturated rings. The molecular weight excluding hydrogens is 240 g/mol. The molecule has 5 heteroatoms. The zero-order valence-corrected chi connectivity index (χ0v) is 11.6. The van der Waals surface area contributed by atoms with E-state index in [0.29, 0.717) is 19.1 Å². The lowest BCUT2D eigenvalue weighted by molar-refractivity contribution is -0.120. The number of imidazole rings is 1. The van der Waals surface area contributed by atoms with Gasteiger partial charge in [-0.15, -0.1) is 0 Å². The Morgan fingerprint density at radius 2 is 2.21 bits per heavy atom. The third kappa shape index (κ3) is 3.54. The van der Waals surface area contributed by atoms with Gasteiger partial charge in [-0.2, -0.15) is 0 Å². The van der Waals surface area contributed by atoms with Crippen LogP contribution in [-0.2, 0) is 18.4 Å². The largest absolute Gasteiger partial charge is 0.351 e. The zero-order chi connectivity index (χ0) is 13.8. The highest BCUT2D eigenvalue weighted by Gasteiger charge is 2.04. The average molecular weight is 260 g/mol. The van der Waals surface area contributed by atoms with Gasteiger partial charge in [-0.3, -0.25) is 4.79 Å². The van der Waals surface area contributed by atoms with Crippen molar-refractivity contribution in [1.29, 1.82) is 0 Å². The molecule has 2 N–H and O–H groups in total. The Morgan fingerprint density at radius 3 is 2.95 bits per heavy atom. The molecular formula is C14H20N4O. The molecule has 5 nitrogen and oxygen atoms in total. The van der Waals surface area contributed by atoms with E-state index in [1.54, 1.807) is 6.33 Å². The number of benzene rings is 1. The smallest absolute Gasteiger partial charge is 0.234 e. The van der Waals surface area contributed by atoms with Crippen molar-refractivity contribution in [2.24, 2.45) is 7.05 Å². The second kappa shape index (κ2) is 5.84. The lowest BCUT2D eigenvalue weighted by Crippen LogP contribution is -2.36. The van der Waals surface area contributed by atoms with E-state index in [1.807, 2.05) is 43.7 Å². The summed E-state index contributed by atoms with van der Waals surface area (Å²) in [5, 5.41) is 5.98. The van der Waals surface area contributed by atoms with Crippen LogP contribution in [0.3, 0.4) is 0 Å². The molecule has 0 spiro atoms. The number of hydrogen-bond donors (Lipinski definition) is 2. The highest BCUT2D eigenvalue weighted by atomic mass is 16.1. The maximum atomic E-state index is 11.6. The first-order valence-electron chi connectivity index (χ1n) is 6.46. The monoisotopic (exact) mass is 260 g/mol. The molecule has 0 saturated heterocycles. The fourth-order valence-corrected chi connectivity index (χ4v) is 1.85. The van der Waals surface area contributed by atoms with E-state index in [9.17, 15) is 4.79 Å². The van der Waals surface area contributed by atoms with E-state index < -0.39 is 0 Å². The van der Waals surface area contributed by atoms with E-state index in [-0.39, 0.29) is 5.91 Å². The van der Waals surface area contributed by atoms with Gasteiger partial charge in [0.1, 0.15) is 0 Å². The van der Waals surface area contributed by atoms with Gasteiger partial charge < -0.3 is 15.2 Å². The second-order valence-electron chi connectivity index (χ2n) is 4.99. The fourth-order valence-electron chi connectivity index (χ4n) is 1.85. The Bertz CT molecular complexity index is 574. The molecule has 1 amide bonds. The molecule has 0 unspecified atom stereocenters. The predicted octanol–water partition coefficient (Wildman–Crippen LogP) is 1.19. The lowest BCUT2D eigenvalue weighted by Gasteiger charge is -2.09. The quantitative estimate of drug-likeness (QED) is 0.849. The summed E-state index contributed by atoms with van der Waals surface area (Å²) in [6.45, 7) is 4.92. The van der Waals surface area contributed by atoms with Crippen LogP contribution >= 0.6 is 0 Å². The van der Waals surface area contributed by atoms with E-state index in [2.05, 4.69) is 15.6 Å². The summed E-state index contributed by atoms with van der Waals surface area (Å²) in [5.74, 6) is 0.00909. The molecule has 1 aromatic carbocycles. The summed E-state index contributed by atoms with van der Waals surface area (Å²) < 4.78 is 1.98. The summed E-state index contributed by atoms with van der Waals surface area (Å²) in [5.41, 5.74) is 3.11. The number of carbonyl (C=O) groups excluding carboxylic acids is 1. The number of carbonyl (C=O) groups is 1. The van der Waals surface area contributed by atoms with Gasteiger partial charge in [0.15, 0.2) is 0 Å². The van der Waals surface area contributed by atoms with Gasteiger partial charge in [-0.25, -0.2) is 4.98 Å². The average Bonchev–Trinajstić information content (AvgIpc) is 2.75. The van der Waals surface area contributed by atoms with Crippen molar-refractivity contribution in [3.05, 3.63) is 30.1 Å². The molecule has 0 bridgehead atoms. The summed E-state index contributed by atoms with van der Waals surface area (Å²) in [6, 6.07) is 6.36. The molecule has 0 aliphatic carbocycles. The molecule has 1 aromatic heterocycles. The summed E-state index contributed by atoms with van der Waals surface area (Å²) in [4.78, 5) is 15.9. The number of nitrogens with one attached hydrogen (secondary N) is 2. The normalized spacial score (nSPS) is 11.2. The molecule has 0 saturated carbocycles. The minimum absolute atomic E-state index is 0.00909. The van der Waals surface area contributed by atoms with Gasteiger partial charge in [0.2, 0.25) is 5.91 Å². The van der Waals surface area contributed by atoms with Crippen LogP contribution in [0.15, 0.2) is 24.5 Å².